The first-order valence-corrected chi connectivity index (χ1v) is 10.5. The number of halogens is 3. The highest BCUT2D eigenvalue weighted by Gasteiger charge is 2.30. The van der Waals surface area contributed by atoms with Crippen molar-refractivity contribution in [2.24, 2.45) is 0 Å². The Kier molecular flexibility index (Phi) is 5.34. The Balaban J connectivity index is 1.36. The van der Waals surface area contributed by atoms with Crippen LogP contribution in [0.4, 0.5) is 13.2 Å². The second kappa shape index (κ2) is 8.31. The maximum atomic E-state index is 13.0. The molecule has 5 rings (SSSR count). The minimum absolute atomic E-state index is 0.00553. The van der Waals surface area contributed by atoms with Crippen LogP contribution in [-0.4, -0.2) is 32.6 Å². The van der Waals surface area contributed by atoms with Gasteiger partial charge in [-0.3, -0.25) is 9.67 Å². The fraction of sp³-hybridized carbons (Fsp3) is 0.304. The van der Waals surface area contributed by atoms with Crippen molar-refractivity contribution in [2.45, 2.75) is 31.7 Å². The molecule has 6 nitrogen and oxygen atoms in total. The summed E-state index contributed by atoms with van der Waals surface area (Å²) in [5, 5.41) is 7.90. The van der Waals surface area contributed by atoms with Gasteiger partial charge >= 0.3 is 6.18 Å². The molecule has 1 aliphatic heterocycles. The number of benzene rings is 1. The van der Waals surface area contributed by atoms with Crippen LogP contribution in [0, 0.1) is 0 Å². The van der Waals surface area contributed by atoms with Crippen molar-refractivity contribution in [1.82, 2.24) is 24.8 Å². The van der Waals surface area contributed by atoms with E-state index in [9.17, 15) is 13.2 Å². The maximum absolute atomic E-state index is 13.0. The average molecular weight is 441 g/mol. The zero-order valence-electron chi connectivity index (χ0n) is 17.2. The van der Waals surface area contributed by atoms with Crippen molar-refractivity contribution >= 4 is 11.0 Å². The van der Waals surface area contributed by atoms with Crippen molar-refractivity contribution in [2.75, 3.05) is 13.1 Å². The lowest BCUT2D eigenvalue weighted by atomic mass is 10.1. The van der Waals surface area contributed by atoms with Gasteiger partial charge in [-0.2, -0.15) is 23.0 Å². The van der Waals surface area contributed by atoms with E-state index < -0.39 is 11.7 Å². The predicted molar refractivity (Wildman–Crippen MR) is 114 cm³/mol. The summed E-state index contributed by atoms with van der Waals surface area (Å²) >= 11 is 0. The van der Waals surface area contributed by atoms with Crippen LogP contribution in [0.1, 0.15) is 30.0 Å². The van der Waals surface area contributed by atoms with Crippen molar-refractivity contribution in [3.63, 3.8) is 0 Å². The fourth-order valence-corrected chi connectivity index (χ4v) is 4.00. The largest absolute Gasteiger partial charge is 0.416 e. The smallest absolute Gasteiger partial charge is 0.409 e. The second-order valence-corrected chi connectivity index (χ2v) is 7.93. The van der Waals surface area contributed by atoms with E-state index in [0.29, 0.717) is 11.6 Å². The van der Waals surface area contributed by atoms with Crippen molar-refractivity contribution < 1.29 is 18.0 Å². The van der Waals surface area contributed by atoms with Gasteiger partial charge in [-0.05, 0) is 55.8 Å². The molecule has 166 valence electrons. The van der Waals surface area contributed by atoms with Crippen LogP contribution >= 0.6 is 0 Å². The first-order chi connectivity index (χ1) is 15.5. The molecule has 3 aromatic heterocycles. The Bertz CT molecular complexity index is 1220. The highest BCUT2D eigenvalue weighted by atomic mass is 19.4. The fourth-order valence-electron chi connectivity index (χ4n) is 4.00. The summed E-state index contributed by atoms with van der Waals surface area (Å²) in [6, 6.07) is 9.30. The van der Waals surface area contributed by atoms with Crippen LogP contribution in [0.2, 0.25) is 0 Å². The van der Waals surface area contributed by atoms with Crippen molar-refractivity contribution in [3.05, 3.63) is 72.3 Å². The molecule has 0 bridgehead atoms. The molecule has 0 spiro atoms. The first kappa shape index (κ1) is 20.6. The molecule has 4 aromatic rings. The molecular weight excluding hydrogens is 419 g/mol. The third-order valence-corrected chi connectivity index (χ3v) is 5.74. The van der Waals surface area contributed by atoms with Gasteiger partial charge in [0.15, 0.2) is 0 Å². The molecule has 9 heteroatoms. The molecule has 4 heterocycles. The van der Waals surface area contributed by atoms with E-state index in [1.165, 1.54) is 6.07 Å². The molecule has 1 N–H and O–H groups in total. The lowest BCUT2D eigenvalue weighted by molar-refractivity contribution is -0.137. The number of nitrogens with one attached hydrogen (secondary N) is 1. The molecule has 0 atom stereocenters. The van der Waals surface area contributed by atoms with Gasteiger partial charge in [0.1, 0.15) is 12.1 Å². The standard InChI is InChI=1S/C23H22F3N5O/c24-23(25,26)19-3-1-2-16(10-19)15-32-31-9-6-21-22(31)11-17(12-28-21)18-13-29-30(14-18)20-4-7-27-8-5-20/h1-3,6,9-14,20,27H,4-5,7-8,15H2. The summed E-state index contributed by atoms with van der Waals surface area (Å²) in [5.41, 5.74) is 3.09. The summed E-state index contributed by atoms with van der Waals surface area (Å²) in [6.07, 6.45) is 5.09. The van der Waals surface area contributed by atoms with Gasteiger partial charge in [-0.1, -0.05) is 12.1 Å². The van der Waals surface area contributed by atoms with Gasteiger partial charge in [-0.25, -0.2) is 0 Å². The van der Waals surface area contributed by atoms with Crippen LogP contribution in [-0.2, 0) is 12.8 Å². The molecule has 0 aliphatic carbocycles. The number of aromatic nitrogens is 4. The Morgan fingerprint density at radius 1 is 1.06 bits per heavy atom. The maximum Gasteiger partial charge on any atom is 0.416 e. The SMILES string of the molecule is FC(F)(F)c1cccc(COn2ccc3ncc(-c4cnn(C5CCNCC5)c4)cc32)c1. The molecule has 32 heavy (non-hydrogen) atoms. The third kappa shape index (κ3) is 4.20. The molecule has 1 aliphatic rings. The molecular formula is C23H22F3N5O. The Labute approximate surface area is 182 Å². The Hall–Kier alpha value is -3.33. The van der Waals surface area contributed by atoms with Gasteiger partial charge in [0, 0.05) is 29.7 Å². The van der Waals surface area contributed by atoms with E-state index in [-0.39, 0.29) is 6.61 Å². The number of hydrogen-bond acceptors (Lipinski definition) is 4. The van der Waals surface area contributed by atoms with Crippen LogP contribution in [0.3, 0.4) is 0 Å². The van der Waals surface area contributed by atoms with Gasteiger partial charge < -0.3 is 10.2 Å². The monoisotopic (exact) mass is 441 g/mol. The van der Waals surface area contributed by atoms with Gasteiger partial charge in [0.25, 0.3) is 0 Å². The quantitative estimate of drug-likeness (QED) is 0.497. The minimum Gasteiger partial charge on any atom is -0.409 e. The summed E-state index contributed by atoms with van der Waals surface area (Å²) < 4.78 is 42.4. The number of nitrogens with zero attached hydrogens (tertiary/aromatic N) is 4. The van der Waals surface area contributed by atoms with Gasteiger partial charge in [0.2, 0.25) is 0 Å². The van der Waals surface area contributed by atoms with Crippen molar-refractivity contribution in [1.29, 1.82) is 0 Å². The van der Waals surface area contributed by atoms with Gasteiger partial charge in [0.05, 0.1) is 23.3 Å². The number of fused-ring (bicyclic) bond motifs is 1. The number of alkyl halides is 3. The van der Waals surface area contributed by atoms with Crippen LogP contribution in [0.5, 0.6) is 0 Å². The highest BCUT2D eigenvalue weighted by molar-refractivity contribution is 5.80. The van der Waals surface area contributed by atoms with E-state index in [2.05, 4.69) is 15.4 Å². The number of pyridine rings is 1. The van der Waals surface area contributed by atoms with Crippen molar-refractivity contribution in [3.8, 4) is 11.1 Å². The van der Waals surface area contributed by atoms with E-state index in [1.807, 2.05) is 29.2 Å². The Morgan fingerprint density at radius 2 is 1.91 bits per heavy atom. The second-order valence-electron chi connectivity index (χ2n) is 7.93. The predicted octanol–water partition coefficient (Wildman–Crippen LogP) is 4.47. The summed E-state index contributed by atoms with van der Waals surface area (Å²) in [6.45, 7) is 1.99. The minimum atomic E-state index is -4.38. The van der Waals surface area contributed by atoms with Gasteiger partial charge in [-0.15, -0.1) is 0 Å². The lowest BCUT2D eigenvalue weighted by Crippen LogP contribution is -2.29. The molecule has 0 radical (unpaired) electrons. The van der Waals surface area contributed by atoms with E-state index in [1.54, 1.807) is 23.2 Å². The van der Waals surface area contributed by atoms with E-state index in [4.69, 9.17) is 4.84 Å². The number of rotatable bonds is 5. The molecule has 0 unspecified atom stereocenters. The Morgan fingerprint density at radius 3 is 2.72 bits per heavy atom. The lowest BCUT2D eigenvalue weighted by Gasteiger charge is -2.22. The van der Waals surface area contributed by atoms with Crippen LogP contribution in [0.25, 0.3) is 22.2 Å². The van der Waals surface area contributed by atoms with E-state index in [0.717, 1.165) is 60.2 Å². The normalized spacial score (nSPS) is 15.3. The molecule has 0 saturated carbocycles. The van der Waals surface area contributed by atoms with Crippen LogP contribution < -0.4 is 10.2 Å². The molecule has 1 saturated heterocycles. The van der Waals surface area contributed by atoms with Crippen LogP contribution in [0.15, 0.2) is 61.2 Å². The zero-order chi connectivity index (χ0) is 22.1. The average Bonchev–Trinajstić information content (AvgIpc) is 3.45. The summed E-state index contributed by atoms with van der Waals surface area (Å²) in [5.74, 6) is 0. The molecule has 1 fully saturated rings. The van der Waals surface area contributed by atoms with E-state index >= 15 is 0 Å². The third-order valence-electron chi connectivity index (χ3n) is 5.74. The topological polar surface area (TPSA) is 56.9 Å². The number of hydrogen-bond donors (Lipinski definition) is 1. The summed E-state index contributed by atoms with van der Waals surface area (Å²) in [7, 11) is 0. The number of piperidine rings is 1. The summed E-state index contributed by atoms with van der Waals surface area (Å²) in [4.78, 5) is 10.3. The molecule has 0 amide bonds. The zero-order valence-corrected chi connectivity index (χ0v) is 17.2. The first-order valence-electron chi connectivity index (χ1n) is 10.5. The molecule has 1 aromatic carbocycles. The highest BCUT2D eigenvalue weighted by Crippen LogP contribution is 2.30.